The number of hydrogen-bond acceptors (Lipinski definition) is 6. The standard InChI is InChI=1S/C20H16ClFN6O4/c21-16-10-14(22)2-3-15(16)20(30)26-7-5-25(6-8-26)19(29)13-1-4-17(18(9-13)28(31)32)27-12-23-11-24-27/h1-4,9-12H,5-8H2. The highest BCUT2D eigenvalue weighted by Gasteiger charge is 2.28. The zero-order valence-corrected chi connectivity index (χ0v) is 17.3. The molecule has 10 nitrogen and oxygen atoms in total. The predicted molar refractivity (Wildman–Crippen MR) is 111 cm³/mol. The van der Waals surface area contributed by atoms with Crippen LogP contribution in [0.25, 0.3) is 5.69 Å². The Balaban J connectivity index is 1.47. The van der Waals surface area contributed by atoms with E-state index in [2.05, 4.69) is 10.1 Å². The van der Waals surface area contributed by atoms with Gasteiger partial charge in [-0.2, -0.15) is 5.10 Å². The molecule has 0 atom stereocenters. The molecule has 2 amide bonds. The van der Waals surface area contributed by atoms with Crippen LogP contribution in [0.3, 0.4) is 0 Å². The second kappa shape index (κ2) is 8.71. The van der Waals surface area contributed by atoms with Crippen molar-refractivity contribution in [2.45, 2.75) is 0 Å². The predicted octanol–water partition coefficient (Wildman–Crippen LogP) is 2.57. The summed E-state index contributed by atoms with van der Waals surface area (Å²) < 4.78 is 14.5. The van der Waals surface area contributed by atoms with Crippen LogP contribution in [-0.4, -0.2) is 67.5 Å². The maximum Gasteiger partial charge on any atom is 0.295 e. The van der Waals surface area contributed by atoms with Crippen LogP contribution in [0.5, 0.6) is 0 Å². The number of rotatable bonds is 4. The molecule has 0 saturated carbocycles. The molecule has 0 aliphatic carbocycles. The van der Waals surface area contributed by atoms with E-state index >= 15 is 0 Å². The van der Waals surface area contributed by atoms with Gasteiger partial charge >= 0.3 is 0 Å². The van der Waals surface area contributed by atoms with E-state index in [9.17, 15) is 24.1 Å². The van der Waals surface area contributed by atoms with Gasteiger partial charge in [-0.3, -0.25) is 19.7 Å². The fraction of sp³-hybridized carbons (Fsp3) is 0.200. The molecule has 1 aliphatic heterocycles. The van der Waals surface area contributed by atoms with Crippen molar-refractivity contribution >= 4 is 29.1 Å². The minimum Gasteiger partial charge on any atom is -0.335 e. The minimum atomic E-state index is -0.586. The molecule has 12 heteroatoms. The Hall–Kier alpha value is -3.86. The van der Waals surface area contributed by atoms with Gasteiger partial charge in [-0.05, 0) is 30.3 Å². The van der Waals surface area contributed by atoms with E-state index in [0.717, 1.165) is 12.1 Å². The summed E-state index contributed by atoms with van der Waals surface area (Å²) in [5.74, 6) is -1.27. The van der Waals surface area contributed by atoms with E-state index < -0.39 is 10.7 Å². The number of piperazine rings is 1. The van der Waals surface area contributed by atoms with Gasteiger partial charge in [0.05, 0.1) is 15.5 Å². The molecule has 1 saturated heterocycles. The van der Waals surface area contributed by atoms with Gasteiger partial charge < -0.3 is 9.80 Å². The molecular weight excluding hydrogens is 443 g/mol. The van der Waals surface area contributed by atoms with E-state index in [1.165, 1.54) is 51.4 Å². The van der Waals surface area contributed by atoms with E-state index in [4.69, 9.17) is 11.6 Å². The Morgan fingerprint density at radius 1 is 1.03 bits per heavy atom. The third-order valence-corrected chi connectivity index (χ3v) is 5.41. The summed E-state index contributed by atoms with van der Waals surface area (Å²) in [6.07, 6.45) is 2.58. The van der Waals surface area contributed by atoms with Crippen LogP contribution in [-0.2, 0) is 0 Å². The number of carbonyl (C=O) groups excluding carboxylic acids is 2. The van der Waals surface area contributed by atoms with Gasteiger partial charge in [-0.25, -0.2) is 14.1 Å². The van der Waals surface area contributed by atoms with Crippen LogP contribution < -0.4 is 0 Å². The summed E-state index contributed by atoms with van der Waals surface area (Å²) in [7, 11) is 0. The highest BCUT2D eigenvalue weighted by atomic mass is 35.5. The number of halogens is 2. The van der Waals surface area contributed by atoms with Crippen molar-refractivity contribution in [1.82, 2.24) is 24.6 Å². The number of benzene rings is 2. The first-order valence-corrected chi connectivity index (χ1v) is 9.90. The summed E-state index contributed by atoms with van der Waals surface area (Å²) in [5, 5.41) is 15.4. The Bertz CT molecular complexity index is 1190. The molecule has 0 N–H and O–H groups in total. The Labute approximate surface area is 186 Å². The van der Waals surface area contributed by atoms with Gasteiger partial charge in [-0.1, -0.05) is 11.6 Å². The highest BCUT2D eigenvalue weighted by molar-refractivity contribution is 6.33. The van der Waals surface area contributed by atoms with Crippen molar-refractivity contribution in [1.29, 1.82) is 0 Å². The van der Waals surface area contributed by atoms with Crippen LogP contribution in [0.4, 0.5) is 10.1 Å². The first-order chi connectivity index (χ1) is 15.3. The molecule has 0 bridgehead atoms. The zero-order chi connectivity index (χ0) is 22.8. The molecule has 0 radical (unpaired) electrons. The lowest BCUT2D eigenvalue weighted by Crippen LogP contribution is -2.50. The molecule has 0 spiro atoms. The van der Waals surface area contributed by atoms with Crippen molar-refractivity contribution < 1.29 is 18.9 Å². The second-order valence-corrected chi connectivity index (χ2v) is 7.42. The number of nitro benzene ring substituents is 1. The van der Waals surface area contributed by atoms with Gasteiger partial charge in [0.15, 0.2) is 0 Å². The Morgan fingerprint density at radius 2 is 1.72 bits per heavy atom. The van der Waals surface area contributed by atoms with Crippen LogP contribution in [0, 0.1) is 15.9 Å². The molecule has 2 heterocycles. The van der Waals surface area contributed by atoms with Crippen molar-refractivity contribution in [3.8, 4) is 5.69 Å². The topological polar surface area (TPSA) is 114 Å². The lowest BCUT2D eigenvalue weighted by Gasteiger charge is -2.35. The summed E-state index contributed by atoms with van der Waals surface area (Å²) >= 11 is 5.98. The second-order valence-electron chi connectivity index (χ2n) is 7.01. The van der Waals surface area contributed by atoms with Gasteiger partial charge in [-0.15, -0.1) is 0 Å². The maximum atomic E-state index is 13.2. The van der Waals surface area contributed by atoms with Crippen molar-refractivity contribution in [2.24, 2.45) is 0 Å². The van der Waals surface area contributed by atoms with Crippen molar-refractivity contribution in [2.75, 3.05) is 26.2 Å². The summed E-state index contributed by atoms with van der Waals surface area (Å²) in [6, 6.07) is 7.69. The molecule has 32 heavy (non-hydrogen) atoms. The van der Waals surface area contributed by atoms with Crippen molar-refractivity contribution in [3.63, 3.8) is 0 Å². The maximum absolute atomic E-state index is 13.2. The van der Waals surface area contributed by atoms with Gasteiger partial charge in [0.1, 0.15) is 24.2 Å². The number of aromatic nitrogens is 3. The fourth-order valence-corrected chi connectivity index (χ4v) is 3.71. The molecule has 164 valence electrons. The molecule has 4 rings (SSSR count). The molecule has 1 fully saturated rings. The lowest BCUT2D eigenvalue weighted by molar-refractivity contribution is -0.384. The SMILES string of the molecule is O=C(c1ccc(-n2cncn2)c([N+](=O)[O-])c1)N1CCN(C(=O)c2ccc(F)cc2Cl)CC1. The average Bonchev–Trinajstić information content (AvgIpc) is 3.33. The molecule has 3 aromatic rings. The summed E-state index contributed by atoms with van der Waals surface area (Å²) in [5.41, 5.74) is 0.255. The van der Waals surface area contributed by atoms with Gasteiger partial charge in [0, 0.05) is 37.8 Å². The van der Waals surface area contributed by atoms with E-state index in [1.54, 1.807) is 0 Å². The van der Waals surface area contributed by atoms with Crippen LogP contribution in [0.15, 0.2) is 49.1 Å². The Kier molecular flexibility index (Phi) is 5.82. The van der Waals surface area contributed by atoms with E-state index in [0.29, 0.717) is 0 Å². The van der Waals surface area contributed by atoms with E-state index in [1.807, 2.05) is 0 Å². The number of nitrogens with zero attached hydrogens (tertiary/aromatic N) is 6. The quantitative estimate of drug-likeness (QED) is 0.438. The third kappa shape index (κ3) is 4.14. The lowest BCUT2D eigenvalue weighted by atomic mass is 10.1. The van der Waals surface area contributed by atoms with Gasteiger partial charge in [0.25, 0.3) is 17.5 Å². The number of carbonyl (C=O) groups is 2. The van der Waals surface area contributed by atoms with Gasteiger partial charge in [0.2, 0.25) is 0 Å². The average molecular weight is 459 g/mol. The normalized spacial score (nSPS) is 13.8. The first-order valence-electron chi connectivity index (χ1n) is 9.52. The summed E-state index contributed by atoms with van der Waals surface area (Å²) in [6.45, 7) is 0.971. The van der Waals surface area contributed by atoms with E-state index in [-0.39, 0.29) is 65.5 Å². The number of amides is 2. The third-order valence-electron chi connectivity index (χ3n) is 5.10. The van der Waals surface area contributed by atoms with Crippen LogP contribution >= 0.6 is 11.6 Å². The Morgan fingerprint density at radius 3 is 2.31 bits per heavy atom. The fourth-order valence-electron chi connectivity index (χ4n) is 3.46. The smallest absolute Gasteiger partial charge is 0.295 e. The minimum absolute atomic E-state index is 0.0216. The molecule has 0 unspecified atom stereocenters. The summed E-state index contributed by atoms with van der Waals surface area (Å²) in [4.78, 5) is 43.3. The van der Waals surface area contributed by atoms with Crippen LogP contribution in [0.2, 0.25) is 5.02 Å². The van der Waals surface area contributed by atoms with Crippen molar-refractivity contribution in [3.05, 3.63) is 81.1 Å². The number of nitro groups is 1. The molecule has 1 aliphatic rings. The monoisotopic (exact) mass is 458 g/mol. The van der Waals surface area contributed by atoms with Crippen LogP contribution in [0.1, 0.15) is 20.7 Å². The highest BCUT2D eigenvalue weighted by Crippen LogP contribution is 2.25. The zero-order valence-electron chi connectivity index (χ0n) is 16.5. The largest absolute Gasteiger partial charge is 0.335 e. The first kappa shape index (κ1) is 21.4. The molecule has 1 aromatic heterocycles. The number of hydrogen-bond donors (Lipinski definition) is 0. The molecule has 2 aromatic carbocycles. The molecular formula is C20H16ClFN6O4.